The van der Waals surface area contributed by atoms with E-state index >= 15 is 0 Å². The van der Waals surface area contributed by atoms with Crippen LogP contribution in [-0.2, 0) is 14.3 Å². The van der Waals surface area contributed by atoms with Gasteiger partial charge in [0.15, 0.2) is 22.9 Å². The Morgan fingerprint density at radius 1 is 1.10 bits per heavy atom. The van der Waals surface area contributed by atoms with Crippen LogP contribution in [0.5, 0.6) is 0 Å². The molecule has 1 heterocycles. The van der Waals surface area contributed by atoms with Gasteiger partial charge in [-0.2, -0.15) is 0 Å². The number of rotatable bonds is 6. The van der Waals surface area contributed by atoms with Gasteiger partial charge in [-0.05, 0) is 37.3 Å². The number of anilines is 1. The lowest BCUT2D eigenvalue weighted by atomic mass is 10.2. The molecular formula is C21H15F3N2O3S. The number of halogens is 3. The largest absolute Gasteiger partial charge is 0.449 e. The van der Waals surface area contributed by atoms with Gasteiger partial charge in [-0.3, -0.25) is 10.1 Å². The van der Waals surface area contributed by atoms with Crippen LogP contribution in [0.1, 0.15) is 12.5 Å². The molecule has 0 aliphatic rings. The minimum absolute atomic E-state index is 0.199. The van der Waals surface area contributed by atoms with Crippen LogP contribution in [0, 0.1) is 17.5 Å². The molecule has 0 bridgehead atoms. The van der Waals surface area contributed by atoms with Crippen molar-refractivity contribution in [3.8, 4) is 11.3 Å². The lowest BCUT2D eigenvalue weighted by Crippen LogP contribution is -2.29. The van der Waals surface area contributed by atoms with Gasteiger partial charge in [0.05, 0.1) is 5.69 Å². The standard InChI is InChI=1S/C21H15F3N2O3S/c1-12(29-19(27)9-7-13-4-2-3-5-15(13)22)20(28)26-21-25-18(11-30-21)14-6-8-16(23)17(24)10-14/h2-12H,1H3,(H,25,26,28)/b9-7+/t12-/m0/s1. The van der Waals surface area contributed by atoms with Gasteiger partial charge in [-0.15, -0.1) is 11.3 Å². The number of thiazole rings is 1. The topological polar surface area (TPSA) is 68.3 Å². The van der Waals surface area contributed by atoms with Crippen LogP contribution in [0.25, 0.3) is 17.3 Å². The molecule has 3 rings (SSSR count). The number of hydrogen-bond acceptors (Lipinski definition) is 5. The fourth-order valence-electron chi connectivity index (χ4n) is 2.36. The maximum atomic E-state index is 13.5. The lowest BCUT2D eigenvalue weighted by Gasteiger charge is -2.10. The molecule has 0 saturated carbocycles. The molecule has 3 aromatic rings. The number of carbonyl (C=O) groups is 2. The van der Waals surface area contributed by atoms with Crippen LogP contribution in [0.2, 0.25) is 0 Å². The fourth-order valence-corrected chi connectivity index (χ4v) is 3.08. The maximum Gasteiger partial charge on any atom is 0.331 e. The number of amides is 1. The molecule has 1 aromatic heterocycles. The zero-order valence-corrected chi connectivity index (χ0v) is 16.4. The highest BCUT2D eigenvalue weighted by Gasteiger charge is 2.18. The smallest absolute Gasteiger partial charge is 0.331 e. The van der Waals surface area contributed by atoms with Crippen LogP contribution in [-0.4, -0.2) is 23.0 Å². The van der Waals surface area contributed by atoms with Crippen LogP contribution in [0.4, 0.5) is 18.3 Å². The summed E-state index contributed by atoms with van der Waals surface area (Å²) in [5, 5.41) is 4.25. The molecule has 0 spiro atoms. The summed E-state index contributed by atoms with van der Waals surface area (Å²) < 4.78 is 44.9. The van der Waals surface area contributed by atoms with E-state index in [-0.39, 0.29) is 10.7 Å². The van der Waals surface area contributed by atoms with E-state index in [4.69, 9.17) is 4.74 Å². The fraction of sp³-hybridized carbons (Fsp3) is 0.0952. The van der Waals surface area contributed by atoms with Gasteiger partial charge < -0.3 is 4.74 Å². The summed E-state index contributed by atoms with van der Waals surface area (Å²) in [4.78, 5) is 28.2. The van der Waals surface area contributed by atoms with Gasteiger partial charge in [-0.25, -0.2) is 22.9 Å². The molecule has 0 radical (unpaired) electrons. The van der Waals surface area contributed by atoms with Crippen molar-refractivity contribution in [3.05, 3.63) is 76.9 Å². The van der Waals surface area contributed by atoms with Crippen molar-refractivity contribution in [2.45, 2.75) is 13.0 Å². The number of hydrogen-bond donors (Lipinski definition) is 1. The first-order valence-electron chi connectivity index (χ1n) is 8.68. The Balaban J connectivity index is 1.58. The predicted octanol–water partition coefficient (Wildman–Crippen LogP) is 4.81. The van der Waals surface area contributed by atoms with E-state index in [1.165, 1.54) is 37.3 Å². The van der Waals surface area contributed by atoms with Crippen molar-refractivity contribution in [2.24, 2.45) is 0 Å². The highest BCUT2D eigenvalue weighted by Crippen LogP contribution is 2.26. The third-order valence-corrected chi connectivity index (χ3v) is 4.67. The summed E-state index contributed by atoms with van der Waals surface area (Å²) in [5.41, 5.74) is 0.911. The van der Waals surface area contributed by atoms with Crippen molar-refractivity contribution in [2.75, 3.05) is 5.32 Å². The second-order valence-electron chi connectivity index (χ2n) is 6.09. The van der Waals surface area contributed by atoms with E-state index in [2.05, 4.69) is 10.3 Å². The molecule has 1 atom stereocenters. The third-order valence-electron chi connectivity index (χ3n) is 3.92. The first-order valence-corrected chi connectivity index (χ1v) is 9.56. The minimum atomic E-state index is -1.14. The average molecular weight is 432 g/mol. The summed E-state index contributed by atoms with van der Waals surface area (Å²) in [6, 6.07) is 9.24. The van der Waals surface area contributed by atoms with Crippen molar-refractivity contribution < 1.29 is 27.5 Å². The van der Waals surface area contributed by atoms with Crippen LogP contribution in [0.3, 0.4) is 0 Å². The van der Waals surface area contributed by atoms with E-state index in [9.17, 15) is 22.8 Å². The molecule has 154 valence electrons. The molecule has 0 fully saturated rings. The highest BCUT2D eigenvalue weighted by atomic mass is 32.1. The molecule has 1 N–H and O–H groups in total. The van der Waals surface area contributed by atoms with Gasteiger partial charge in [-0.1, -0.05) is 18.2 Å². The quantitative estimate of drug-likeness (QED) is 0.448. The molecule has 0 saturated heterocycles. The third kappa shape index (κ3) is 5.32. The molecule has 0 aliphatic heterocycles. The van der Waals surface area contributed by atoms with Gasteiger partial charge in [0.2, 0.25) is 0 Å². The number of carbonyl (C=O) groups excluding carboxylic acids is 2. The Morgan fingerprint density at radius 3 is 2.60 bits per heavy atom. The second-order valence-corrected chi connectivity index (χ2v) is 6.95. The first-order chi connectivity index (χ1) is 14.3. The van der Waals surface area contributed by atoms with Crippen LogP contribution in [0.15, 0.2) is 53.9 Å². The summed E-state index contributed by atoms with van der Waals surface area (Å²) in [7, 11) is 0. The molecule has 0 unspecified atom stereocenters. The number of benzene rings is 2. The number of nitrogens with one attached hydrogen (secondary N) is 1. The monoisotopic (exact) mass is 432 g/mol. The van der Waals surface area contributed by atoms with E-state index in [1.807, 2.05) is 0 Å². The summed E-state index contributed by atoms with van der Waals surface area (Å²) >= 11 is 1.07. The zero-order chi connectivity index (χ0) is 21.7. The number of nitrogens with zero attached hydrogens (tertiary/aromatic N) is 1. The van der Waals surface area contributed by atoms with Crippen molar-refractivity contribution in [1.29, 1.82) is 0 Å². The van der Waals surface area contributed by atoms with Crippen molar-refractivity contribution >= 4 is 34.4 Å². The molecule has 30 heavy (non-hydrogen) atoms. The average Bonchev–Trinajstić information content (AvgIpc) is 3.18. The van der Waals surface area contributed by atoms with E-state index in [1.54, 1.807) is 11.4 Å². The minimum Gasteiger partial charge on any atom is -0.449 e. The van der Waals surface area contributed by atoms with Crippen molar-refractivity contribution in [1.82, 2.24) is 4.98 Å². The Bertz CT molecular complexity index is 1110. The normalized spacial score (nSPS) is 12.0. The first kappa shape index (κ1) is 21.3. The van der Waals surface area contributed by atoms with Gasteiger partial charge in [0.1, 0.15) is 5.82 Å². The summed E-state index contributed by atoms with van der Waals surface area (Å²) in [6.45, 7) is 1.37. The van der Waals surface area contributed by atoms with E-state index in [0.717, 1.165) is 29.5 Å². The Kier molecular flexibility index (Phi) is 6.63. The number of ether oxygens (including phenoxy) is 1. The Morgan fingerprint density at radius 2 is 1.87 bits per heavy atom. The van der Waals surface area contributed by atoms with Gasteiger partial charge >= 0.3 is 5.97 Å². The van der Waals surface area contributed by atoms with Crippen molar-refractivity contribution in [3.63, 3.8) is 0 Å². The molecule has 9 heteroatoms. The summed E-state index contributed by atoms with van der Waals surface area (Å²) in [6.07, 6.45) is 1.13. The molecule has 2 aromatic carbocycles. The Labute approximate surface area is 173 Å². The maximum absolute atomic E-state index is 13.5. The highest BCUT2D eigenvalue weighted by molar-refractivity contribution is 7.14. The van der Waals surface area contributed by atoms with Gasteiger partial charge in [0.25, 0.3) is 5.91 Å². The second kappa shape index (κ2) is 9.36. The lowest BCUT2D eigenvalue weighted by molar-refractivity contribution is -0.148. The number of esters is 1. The number of aromatic nitrogens is 1. The van der Waals surface area contributed by atoms with Gasteiger partial charge in [0, 0.05) is 22.6 Å². The molecule has 0 aliphatic carbocycles. The SMILES string of the molecule is C[C@H](OC(=O)/C=C/c1ccccc1F)C(=O)Nc1nc(-c2ccc(F)c(F)c2)cs1. The molecule has 5 nitrogen and oxygen atoms in total. The predicted molar refractivity (Wildman–Crippen MR) is 107 cm³/mol. The van der Waals surface area contributed by atoms with Crippen LogP contribution >= 0.6 is 11.3 Å². The zero-order valence-electron chi connectivity index (χ0n) is 15.6. The Hall–Kier alpha value is -3.46. The van der Waals surface area contributed by atoms with Crippen LogP contribution < -0.4 is 5.32 Å². The van der Waals surface area contributed by atoms with E-state index in [0.29, 0.717) is 11.3 Å². The molecular weight excluding hydrogens is 417 g/mol. The molecule has 1 amide bonds. The summed E-state index contributed by atoms with van der Waals surface area (Å²) in [5.74, 6) is -3.92. The van der Waals surface area contributed by atoms with E-state index < -0.39 is 35.4 Å².